The van der Waals surface area contributed by atoms with E-state index in [9.17, 15) is 4.79 Å². The van der Waals surface area contributed by atoms with Crippen LogP contribution < -0.4 is 11.1 Å². The van der Waals surface area contributed by atoms with Gasteiger partial charge in [-0.1, -0.05) is 33.6 Å². The molecule has 0 aromatic carbocycles. The molecule has 1 aliphatic heterocycles. The second-order valence-electron chi connectivity index (χ2n) is 7.18. The van der Waals surface area contributed by atoms with E-state index in [1.165, 1.54) is 19.3 Å². The van der Waals surface area contributed by atoms with Crippen LogP contribution in [0.2, 0.25) is 0 Å². The smallest absolute Gasteiger partial charge is 0.227 e. The van der Waals surface area contributed by atoms with Crippen LogP contribution in [0.1, 0.15) is 46.5 Å². The largest absolute Gasteiger partial charge is 0.379 e. The Kier molecular flexibility index (Phi) is 4.51. The molecule has 1 aliphatic carbocycles. The maximum Gasteiger partial charge on any atom is 0.227 e. The first-order valence-electron chi connectivity index (χ1n) is 7.53. The summed E-state index contributed by atoms with van der Waals surface area (Å²) in [5.74, 6) is 0.484. The Hall–Kier alpha value is -0.610. The van der Waals surface area contributed by atoms with E-state index >= 15 is 0 Å². The molecule has 4 heteroatoms. The van der Waals surface area contributed by atoms with E-state index in [0.29, 0.717) is 25.2 Å². The van der Waals surface area contributed by atoms with Crippen molar-refractivity contribution in [3.05, 3.63) is 0 Å². The first-order chi connectivity index (χ1) is 8.89. The van der Waals surface area contributed by atoms with Crippen molar-refractivity contribution in [2.45, 2.75) is 58.5 Å². The Morgan fingerprint density at radius 2 is 1.89 bits per heavy atom. The zero-order valence-electron chi connectivity index (χ0n) is 12.4. The standard InChI is InChI=1S/C15H28N2O2/c1-15(2,3)11-6-4-5-7-13(11)17-14(18)10-8-19-9-12(10)16/h10-13H,4-9,16H2,1-3H3,(H,17,18). The molecule has 1 heterocycles. The summed E-state index contributed by atoms with van der Waals surface area (Å²) in [5.41, 5.74) is 6.16. The predicted octanol–water partition coefficient (Wildman–Crippen LogP) is 1.68. The third kappa shape index (κ3) is 3.48. The van der Waals surface area contributed by atoms with Gasteiger partial charge < -0.3 is 15.8 Å². The topological polar surface area (TPSA) is 64.3 Å². The summed E-state index contributed by atoms with van der Waals surface area (Å²) < 4.78 is 5.29. The number of carbonyl (C=O) groups is 1. The van der Waals surface area contributed by atoms with Crippen LogP contribution >= 0.6 is 0 Å². The highest BCUT2D eigenvalue weighted by Crippen LogP contribution is 2.38. The monoisotopic (exact) mass is 268 g/mol. The van der Waals surface area contributed by atoms with Crippen molar-refractivity contribution in [2.75, 3.05) is 13.2 Å². The van der Waals surface area contributed by atoms with Crippen molar-refractivity contribution in [3.8, 4) is 0 Å². The summed E-state index contributed by atoms with van der Waals surface area (Å²) in [6.45, 7) is 7.79. The van der Waals surface area contributed by atoms with E-state index in [2.05, 4.69) is 26.1 Å². The molecule has 2 rings (SSSR count). The molecule has 0 aromatic heterocycles. The molecule has 19 heavy (non-hydrogen) atoms. The number of hydrogen-bond donors (Lipinski definition) is 2. The molecule has 4 unspecified atom stereocenters. The predicted molar refractivity (Wildman–Crippen MR) is 75.6 cm³/mol. The SMILES string of the molecule is CC(C)(C)C1CCCCC1NC(=O)C1COCC1N. The minimum absolute atomic E-state index is 0.0890. The van der Waals surface area contributed by atoms with E-state index in [1.807, 2.05) is 0 Å². The van der Waals surface area contributed by atoms with Crippen LogP contribution in [0.3, 0.4) is 0 Å². The molecule has 4 atom stereocenters. The number of nitrogens with two attached hydrogens (primary N) is 1. The fraction of sp³-hybridized carbons (Fsp3) is 0.933. The van der Waals surface area contributed by atoms with Gasteiger partial charge in [0.05, 0.1) is 19.1 Å². The summed E-state index contributed by atoms with van der Waals surface area (Å²) in [5, 5.41) is 3.25. The minimum atomic E-state index is -0.164. The summed E-state index contributed by atoms with van der Waals surface area (Å²) in [4.78, 5) is 12.3. The lowest BCUT2D eigenvalue weighted by molar-refractivity contribution is -0.127. The van der Waals surface area contributed by atoms with E-state index in [1.54, 1.807) is 0 Å². The lowest BCUT2D eigenvalue weighted by atomic mass is 9.69. The molecular formula is C15H28N2O2. The highest BCUT2D eigenvalue weighted by Gasteiger charge is 2.38. The van der Waals surface area contributed by atoms with Gasteiger partial charge in [0.2, 0.25) is 5.91 Å². The van der Waals surface area contributed by atoms with Gasteiger partial charge in [0.15, 0.2) is 0 Å². The van der Waals surface area contributed by atoms with Gasteiger partial charge in [0.1, 0.15) is 0 Å². The highest BCUT2D eigenvalue weighted by molar-refractivity contribution is 5.80. The average Bonchev–Trinajstić information content (AvgIpc) is 2.75. The van der Waals surface area contributed by atoms with Gasteiger partial charge in [-0.25, -0.2) is 0 Å². The van der Waals surface area contributed by atoms with E-state index in [4.69, 9.17) is 10.5 Å². The van der Waals surface area contributed by atoms with Crippen molar-refractivity contribution >= 4 is 5.91 Å². The summed E-state index contributed by atoms with van der Waals surface area (Å²) in [7, 11) is 0. The van der Waals surface area contributed by atoms with E-state index in [-0.39, 0.29) is 23.3 Å². The molecule has 2 fully saturated rings. The maximum absolute atomic E-state index is 12.3. The first-order valence-corrected chi connectivity index (χ1v) is 7.53. The molecule has 2 aliphatic rings. The maximum atomic E-state index is 12.3. The first kappa shape index (κ1) is 14.8. The van der Waals surface area contributed by atoms with Crippen LogP contribution in [0.5, 0.6) is 0 Å². The van der Waals surface area contributed by atoms with Crippen LogP contribution in [0.4, 0.5) is 0 Å². The summed E-state index contributed by atoms with van der Waals surface area (Å²) in [6, 6.07) is 0.158. The number of hydrogen-bond acceptors (Lipinski definition) is 3. The van der Waals surface area contributed by atoms with Gasteiger partial charge in [-0.3, -0.25) is 4.79 Å². The molecular weight excluding hydrogens is 240 g/mol. The van der Waals surface area contributed by atoms with E-state index in [0.717, 1.165) is 6.42 Å². The molecule has 1 amide bonds. The van der Waals surface area contributed by atoms with Gasteiger partial charge in [-0.05, 0) is 24.2 Å². The van der Waals surface area contributed by atoms with Crippen molar-refractivity contribution < 1.29 is 9.53 Å². The van der Waals surface area contributed by atoms with Crippen LogP contribution in [-0.2, 0) is 9.53 Å². The van der Waals surface area contributed by atoms with Crippen LogP contribution in [0, 0.1) is 17.3 Å². The van der Waals surface area contributed by atoms with Crippen molar-refractivity contribution in [2.24, 2.45) is 23.0 Å². The third-order valence-corrected chi connectivity index (χ3v) is 4.67. The molecule has 4 nitrogen and oxygen atoms in total. The summed E-state index contributed by atoms with van der Waals surface area (Å²) >= 11 is 0. The second-order valence-corrected chi connectivity index (χ2v) is 7.18. The number of amides is 1. The molecule has 0 aromatic rings. The quantitative estimate of drug-likeness (QED) is 0.801. The Morgan fingerprint density at radius 1 is 1.21 bits per heavy atom. The summed E-state index contributed by atoms with van der Waals surface area (Å²) in [6.07, 6.45) is 4.79. The minimum Gasteiger partial charge on any atom is -0.379 e. The zero-order chi connectivity index (χ0) is 14.0. The lowest BCUT2D eigenvalue weighted by Crippen LogP contribution is -2.50. The van der Waals surface area contributed by atoms with Gasteiger partial charge in [-0.15, -0.1) is 0 Å². The molecule has 110 valence electrons. The fourth-order valence-corrected chi connectivity index (χ4v) is 3.47. The number of carbonyl (C=O) groups excluding carboxylic acids is 1. The lowest BCUT2D eigenvalue weighted by Gasteiger charge is -2.41. The van der Waals surface area contributed by atoms with Gasteiger partial charge in [0.25, 0.3) is 0 Å². The number of rotatable bonds is 2. The van der Waals surface area contributed by atoms with E-state index < -0.39 is 0 Å². The Morgan fingerprint density at radius 3 is 2.47 bits per heavy atom. The number of nitrogens with one attached hydrogen (secondary N) is 1. The van der Waals surface area contributed by atoms with Crippen LogP contribution in [-0.4, -0.2) is 31.2 Å². The normalized spacial score (nSPS) is 36.2. The fourth-order valence-electron chi connectivity index (χ4n) is 3.47. The molecule has 3 N–H and O–H groups in total. The molecule has 0 bridgehead atoms. The second kappa shape index (κ2) is 5.80. The van der Waals surface area contributed by atoms with Crippen LogP contribution in [0.15, 0.2) is 0 Å². The number of ether oxygens (including phenoxy) is 1. The highest BCUT2D eigenvalue weighted by atomic mass is 16.5. The van der Waals surface area contributed by atoms with Gasteiger partial charge in [0, 0.05) is 12.1 Å². The van der Waals surface area contributed by atoms with Gasteiger partial charge in [-0.2, -0.15) is 0 Å². The van der Waals surface area contributed by atoms with Crippen LogP contribution in [0.25, 0.3) is 0 Å². The Labute approximate surface area is 116 Å². The van der Waals surface area contributed by atoms with Crippen molar-refractivity contribution in [3.63, 3.8) is 0 Å². The molecule has 0 radical (unpaired) electrons. The molecule has 1 saturated heterocycles. The molecule has 0 spiro atoms. The molecule has 1 saturated carbocycles. The Balaban J connectivity index is 1.97. The van der Waals surface area contributed by atoms with Crippen molar-refractivity contribution in [1.29, 1.82) is 0 Å². The third-order valence-electron chi connectivity index (χ3n) is 4.67. The van der Waals surface area contributed by atoms with Gasteiger partial charge >= 0.3 is 0 Å². The Bertz CT molecular complexity index is 325. The van der Waals surface area contributed by atoms with Crippen molar-refractivity contribution in [1.82, 2.24) is 5.32 Å². The zero-order valence-corrected chi connectivity index (χ0v) is 12.4. The average molecular weight is 268 g/mol.